The fourth-order valence-electron chi connectivity index (χ4n) is 2.04. The number of thiazole rings is 1. The van der Waals surface area contributed by atoms with Gasteiger partial charge in [0, 0.05) is 29.8 Å². The normalized spacial score (nSPS) is 13.7. The van der Waals surface area contributed by atoms with Crippen molar-refractivity contribution in [3.8, 4) is 10.6 Å². The summed E-state index contributed by atoms with van der Waals surface area (Å²) in [5.74, 6) is -0.242. The molecule has 0 saturated carbocycles. The maximum absolute atomic E-state index is 12.2. The van der Waals surface area contributed by atoms with E-state index in [0.717, 1.165) is 10.6 Å². The Bertz CT molecular complexity index is 805. The summed E-state index contributed by atoms with van der Waals surface area (Å²) in [5, 5.41) is 22.0. The summed E-state index contributed by atoms with van der Waals surface area (Å²) in [7, 11) is 1.78. The number of hydrogen-bond donors (Lipinski definition) is 2. The standard InChI is InChI=1S/C15H16N4O2S2/c1-15(21,11-5-18-19(2)7-11)9-17-13(20)12-6-16-14(23-12)10-3-4-22-8-10/h3-8,21H,9H2,1-2H3,(H,17,20). The summed E-state index contributed by atoms with van der Waals surface area (Å²) >= 11 is 2.93. The molecule has 0 spiro atoms. The van der Waals surface area contributed by atoms with Crippen LogP contribution in [0.4, 0.5) is 0 Å². The number of amides is 1. The van der Waals surface area contributed by atoms with E-state index < -0.39 is 5.60 Å². The van der Waals surface area contributed by atoms with Crippen LogP contribution in [0, 0.1) is 0 Å². The topological polar surface area (TPSA) is 80.0 Å². The van der Waals surface area contributed by atoms with Crippen molar-refractivity contribution >= 4 is 28.6 Å². The van der Waals surface area contributed by atoms with Crippen LogP contribution in [-0.2, 0) is 12.6 Å². The minimum Gasteiger partial charge on any atom is -0.383 e. The third kappa shape index (κ3) is 3.49. The minimum atomic E-state index is -1.18. The van der Waals surface area contributed by atoms with Gasteiger partial charge >= 0.3 is 0 Å². The van der Waals surface area contributed by atoms with Gasteiger partial charge in [0.25, 0.3) is 5.91 Å². The van der Waals surface area contributed by atoms with Gasteiger partial charge in [0.05, 0.1) is 18.9 Å². The van der Waals surface area contributed by atoms with Crippen LogP contribution >= 0.6 is 22.7 Å². The lowest BCUT2D eigenvalue weighted by Crippen LogP contribution is -2.38. The molecule has 8 heteroatoms. The van der Waals surface area contributed by atoms with Crippen LogP contribution in [-0.4, -0.2) is 32.3 Å². The van der Waals surface area contributed by atoms with Crippen molar-refractivity contribution in [2.45, 2.75) is 12.5 Å². The first-order valence-electron chi connectivity index (χ1n) is 6.94. The van der Waals surface area contributed by atoms with Gasteiger partial charge in [0.1, 0.15) is 15.5 Å². The summed E-state index contributed by atoms with van der Waals surface area (Å²) < 4.78 is 1.61. The Labute approximate surface area is 141 Å². The zero-order valence-corrected chi connectivity index (χ0v) is 14.3. The molecule has 1 atom stereocenters. The number of rotatable bonds is 5. The predicted octanol–water partition coefficient (Wildman–Crippen LogP) is 2.24. The molecule has 6 nitrogen and oxygen atoms in total. The molecule has 0 bridgehead atoms. The first-order chi connectivity index (χ1) is 11.0. The molecule has 3 aromatic heterocycles. The molecular weight excluding hydrogens is 332 g/mol. The van der Waals surface area contributed by atoms with Crippen LogP contribution in [0.3, 0.4) is 0 Å². The molecule has 0 radical (unpaired) electrons. The highest BCUT2D eigenvalue weighted by Crippen LogP contribution is 2.27. The fourth-order valence-corrected chi connectivity index (χ4v) is 3.58. The summed E-state index contributed by atoms with van der Waals surface area (Å²) in [6.45, 7) is 1.75. The Kier molecular flexibility index (Phi) is 4.29. The number of aliphatic hydroxyl groups is 1. The van der Waals surface area contributed by atoms with Crippen LogP contribution in [0.5, 0.6) is 0 Å². The molecule has 23 heavy (non-hydrogen) atoms. The molecule has 2 N–H and O–H groups in total. The van der Waals surface area contributed by atoms with E-state index in [1.54, 1.807) is 48.6 Å². The number of nitrogens with zero attached hydrogens (tertiary/aromatic N) is 3. The molecule has 0 saturated heterocycles. The average molecular weight is 348 g/mol. The van der Waals surface area contributed by atoms with E-state index in [2.05, 4.69) is 15.4 Å². The number of carbonyl (C=O) groups is 1. The quantitative estimate of drug-likeness (QED) is 0.741. The van der Waals surface area contributed by atoms with Crippen LogP contribution in [0.2, 0.25) is 0 Å². The van der Waals surface area contributed by atoms with Crippen molar-refractivity contribution in [1.82, 2.24) is 20.1 Å². The summed E-state index contributed by atoms with van der Waals surface area (Å²) in [4.78, 5) is 17.0. The summed E-state index contributed by atoms with van der Waals surface area (Å²) in [6, 6.07) is 1.97. The molecular formula is C15H16N4O2S2. The first-order valence-corrected chi connectivity index (χ1v) is 8.70. The second-order valence-corrected chi connectivity index (χ2v) is 7.21. The van der Waals surface area contributed by atoms with Gasteiger partial charge in [0.15, 0.2) is 0 Å². The van der Waals surface area contributed by atoms with E-state index in [0.29, 0.717) is 10.4 Å². The third-order valence-electron chi connectivity index (χ3n) is 3.42. The predicted molar refractivity (Wildman–Crippen MR) is 90.5 cm³/mol. The van der Waals surface area contributed by atoms with Crippen molar-refractivity contribution in [1.29, 1.82) is 0 Å². The lowest BCUT2D eigenvalue weighted by Gasteiger charge is -2.21. The molecule has 3 aromatic rings. The average Bonchev–Trinajstić information content (AvgIpc) is 3.24. The van der Waals surface area contributed by atoms with Crippen molar-refractivity contribution < 1.29 is 9.90 Å². The Morgan fingerprint density at radius 1 is 1.48 bits per heavy atom. The monoisotopic (exact) mass is 348 g/mol. The lowest BCUT2D eigenvalue weighted by molar-refractivity contribution is 0.0527. The van der Waals surface area contributed by atoms with Gasteiger partial charge in [-0.2, -0.15) is 16.4 Å². The smallest absolute Gasteiger partial charge is 0.263 e. The van der Waals surface area contributed by atoms with E-state index in [1.165, 1.54) is 11.3 Å². The van der Waals surface area contributed by atoms with Crippen molar-refractivity contribution in [3.63, 3.8) is 0 Å². The van der Waals surface area contributed by atoms with Gasteiger partial charge in [0.2, 0.25) is 0 Å². The lowest BCUT2D eigenvalue weighted by atomic mass is 10.00. The Morgan fingerprint density at radius 3 is 2.96 bits per heavy atom. The molecule has 0 fully saturated rings. The SMILES string of the molecule is Cn1cc(C(C)(O)CNC(=O)c2cnc(-c3ccsc3)s2)cn1. The first kappa shape index (κ1) is 15.9. The van der Waals surface area contributed by atoms with Crippen LogP contribution < -0.4 is 5.32 Å². The van der Waals surface area contributed by atoms with Crippen LogP contribution in [0.25, 0.3) is 10.6 Å². The van der Waals surface area contributed by atoms with Gasteiger partial charge in [-0.25, -0.2) is 4.98 Å². The number of hydrogen-bond acceptors (Lipinski definition) is 6. The number of nitrogens with one attached hydrogen (secondary N) is 1. The number of aromatic nitrogens is 3. The second-order valence-electron chi connectivity index (χ2n) is 5.40. The Hall–Kier alpha value is -2.03. The molecule has 0 aromatic carbocycles. The van der Waals surface area contributed by atoms with Gasteiger partial charge in [-0.15, -0.1) is 11.3 Å². The maximum atomic E-state index is 12.2. The molecule has 0 aliphatic carbocycles. The molecule has 1 amide bonds. The molecule has 3 heterocycles. The fraction of sp³-hybridized carbons (Fsp3) is 0.267. The highest BCUT2D eigenvalue weighted by molar-refractivity contribution is 7.17. The van der Waals surface area contributed by atoms with E-state index >= 15 is 0 Å². The molecule has 0 aliphatic heterocycles. The maximum Gasteiger partial charge on any atom is 0.263 e. The van der Waals surface area contributed by atoms with Gasteiger partial charge in [-0.3, -0.25) is 9.48 Å². The highest BCUT2D eigenvalue weighted by atomic mass is 32.1. The van der Waals surface area contributed by atoms with E-state index in [9.17, 15) is 9.90 Å². The van der Waals surface area contributed by atoms with Crippen molar-refractivity contribution in [2.24, 2.45) is 7.05 Å². The molecule has 120 valence electrons. The Balaban J connectivity index is 1.65. The summed E-state index contributed by atoms with van der Waals surface area (Å²) in [6.07, 6.45) is 4.88. The van der Waals surface area contributed by atoms with E-state index in [1.807, 2.05) is 16.8 Å². The zero-order chi connectivity index (χ0) is 16.4. The molecule has 3 rings (SSSR count). The zero-order valence-electron chi connectivity index (χ0n) is 12.7. The van der Waals surface area contributed by atoms with E-state index in [-0.39, 0.29) is 12.5 Å². The number of carbonyl (C=O) groups excluding carboxylic acids is 1. The second kappa shape index (κ2) is 6.23. The van der Waals surface area contributed by atoms with Crippen molar-refractivity contribution in [3.05, 3.63) is 45.9 Å². The van der Waals surface area contributed by atoms with Crippen LogP contribution in [0.1, 0.15) is 22.2 Å². The van der Waals surface area contributed by atoms with Gasteiger partial charge in [-0.05, 0) is 18.4 Å². The summed E-state index contributed by atoms with van der Waals surface area (Å²) in [5.41, 5.74) is 0.495. The van der Waals surface area contributed by atoms with Crippen LogP contribution in [0.15, 0.2) is 35.4 Å². The van der Waals surface area contributed by atoms with Gasteiger partial charge in [-0.1, -0.05) is 0 Å². The Morgan fingerprint density at radius 2 is 2.30 bits per heavy atom. The van der Waals surface area contributed by atoms with Gasteiger partial charge < -0.3 is 10.4 Å². The van der Waals surface area contributed by atoms with Crippen molar-refractivity contribution in [2.75, 3.05) is 6.54 Å². The number of aryl methyl sites for hydroxylation is 1. The minimum absolute atomic E-state index is 0.100. The number of thiophene rings is 1. The largest absolute Gasteiger partial charge is 0.383 e. The molecule has 0 aliphatic rings. The highest BCUT2D eigenvalue weighted by Gasteiger charge is 2.26. The van der Waals surface area contributed by atoms with E-state index in [4.69, 9.17) is 0 Å². The molecule has 1 unspecified atom stereocenters. The third-order valence-corrected chi connectivity index (χ3v) is 5.15.